The summed E-state index contributed by atoms with van der Waals surface area (Å²) in [7, 11) is 0. The molecule has 1 aromatic rings. The lowest BCUT2D eigenvalue weighted by molar-refractivity contribution is -0.140. The molecule has 0 radical (unpaired) electrons. The summed E-state index contributed by atoms with van der Waals surface area (Å²) in [4.78, 5) is 40.6. The largest absolute Gasteiger partial charge is 0.444 e. The van der Waals surface area contributed by atoms with Crippen molar-refractivity contribution in [1.29, 1.82) is 0 Å². The van der Waals surface area contributed by atoms with Gasteiger partial charge in [0.2, 0.25) is 11.8 Å². The highest BCUT2D eigenvalue weighted by molar-refractivity contribution is 5.90. The van der Waals surface area contributed by atoms with Crippen LogP contribution in [0.4, 0.5) is 4.79 Å². The Morgan fingerprint density at radius 1 is 0.943 bits per heavy atom. The zero-order chi connectivity index (χ0) is 26.3. The molecule has 35 heavy (non-hydrogen) atoms. The minimum absolute atomic E-state index is 0.00426. The third-order valence-electron chi connectivity index (χ3n) is 5.64. The van der Waals surface area contributed by atoms with Gasteiger partial charge in [0.15, 0.2) is 0 Å². The first kappa shape index (κ1) is 30.5. The summed E-state index contributed by atoms with van der Waals surface area (Å²) < 4.78 is 5.28. The standard InChI is InChI=1S/C28H47N3O4/c1-7-9-10-11-12-16-20-31(24(32)21-29-27(34)35-28(4,5)6)25(23-18-14-13-15-19-23)26(33)30-22(3)17-8-2/h13-15,18-19,22,25H,7-12,16-17,20-21H2,1-6H3,(H,29,34)(H,30,33). The Kier molecular flexibility index (Phi) is 14.1. The molecular weight excluding hydrogens is 442 g/mol. The highest BCUT2D eigenvalue weighted by Gasteiger charge is 2.32. The Morgan fingerprint density at radius 3 is 2.17 bits per heavy atom. The molecule has 7 heteroatoms. The first-order valence-electron chi connectivity index (χ1n) is 13.2. The van der Waals surface area contributed by atoms with Gasteiger partial charge in [-0.2, -0.15) is 0 Å². The first-order valence-corrected chi connectivity index (χ1v) is 13.2. The van der Waals surface area contributed by atoms with Crippen LogP contribution in [0.2, 0.25) is 0 Å². The summed E-state index contributed by atoms with van der Waals surface area (Å²) >= 11 is 0. The topological polar surface area (TPSA) is 87.7 Å². The maximum atomic E-state index is 13.5. The molecule has 1 rings (SSSR count). The van der Waals surface area contributed by atoms with Gasteiger partial charge in [-0.15, -0.1) is 0 Å². The quantitative estimate of drug-likeness (QED) is 0.307. The van der Waals surface area contributed by atoms with E-state index in [1.54, 1.807) is 25.7 Å². The molecule has 0 spiro atoms. The van der Waals surface area contributed by atoms with Crippen LogP contribution in [0.5, 0.6) is 0 Å². The average molecular weight is 490 g/mol. The normalized spacial score (nSPS) is 13.0. The number of rotatable bonds is 15. The van der Waals surface area contributed by atoms with Crippen molar-refractivity contribution in [2.75, 3.05) is 13.1 Å². The maximum Gasteiger partial charge on any atom is 0.408 e. The highest BCUT2D eigenvalue weighted by atomic mass is 16.6. The molecule has 0 aliphatic rings. The maximum absolute atomic E-state index is 13.5. The summed E-state index contributed by atoms with van der Waals surface area (Å²) in [5, 5.41) is 5.64. The Balaban J connectivity index is 3.08. The number of amides is 3. The van der Waals surface area contributed by atoms with Crippen molar-refractivity contribution in [2.45, 2.75) is 111 Å². The zero-order valence-corrected chi connectivity index (χ0v) is 22.7. The zero-order valence-electron chi connectivity index (χ0n) is 22.7. The third kappa shape index (κ3) is 12.6. The van der Waals surface area contributed by atoms with Crippen LogP contribution in [0.15, 0.2) is 30.3 Å². The lowest BCUT2D eigenvalue weighted by Crippen LogP contribution is -2.49. The van der Waals surface area contributed by atoms with Crippen molar-refractivity contribution in [3.8, 4) is 0 Å². The number of carbonyl (C=O) groups is 3. The molecule has 1 aromatic carbocycles. The van der Waals surface area contributed by atoms with E-state index in [2.05, 4.69) is 24.5 Å². The Labute approximate surface area is 212 Å². The van der Waals surface area contributed by atoms with E-state index in [4.69, 9.17) is 4.74 Å². The molecule has 0 saturated carbocycles. The van der Waals surface area contributed by atoms with Crippen molar-refractivity contribution < 1.29 is 19.1 Å². The number of ether oxygens (including phenoxy) is 1. The molecule has 0 saturated heterocycles. The van der Waals surface area contributed by atoms with Crippen LogP contribution in [0.3, 0.4) is 0 Å². The van der Waals surface area contributed by atoms with Gasteiger partial charge in [0.25, 0.3) is 0 Å². The fourth-order valence-electron chi connectivity index (χ4n) is 3.96. The van der Waals surface area contributed by atoms with Crippen molar-refractivity contribution in [3.63, 3.8) is 0 Å². The van der Waals surface area contributed by atoms with Crippen LogP contribution in [0, 0.1) is 0 Å². The first-order chi connectivity index (χ1) is 16.6. The average Bonchev–Trinajstić information content (AvgIpc) is 2.78. The number of hydrogen-bond donors (Lipinski definition) is 2. The van der Waals surface area contributed by atoms with Gasteiger partial charge in [0, 0.05) is 12.6 Å². The van der Waals surface area contributed by atoms with E-state index >= 15 is 0 Å². The molecule has 0 aliphatic heterocycles. The van der Waals surface area contributed by atoms with Gasteiger partial charge >= 0.3 is 6.09 Å². The van der Waals surface area contributed by atoms with Gasteiger partial charge in [0.1, 0.15) is 18.2 Å². The van der Waals surface area contributed by atoms with Crippen LogP contribution in [0.1, 0.15) is 105 Å². The molecule has 0 fully saturated rings. The van der Waals surface area contributed by atoms with Gasteiger partial charge in [0.05, 0.1) is 0 Å². The van der Waals surface area contributed by atoms with E-state index in [9.17, 15) is 14.4 Å². The van der Waals surface area contributed by atoms with E-state index in [0.29, 0.717) is 6.54 Å². The van der Waals surface area contributed by atoms with Crippen molar-refractivity contribution in [2.24, 2.45) is 0 Å². The molecule has 0 aromatic heterocycles. The molecule has 198 valence electrons. The van der Waals surface area contributed by atoms with E-state index < -0.39 is 17.7 Å². The number of unbranched alkanes of at least 4 members (excludes halogenated alkanes) is 5. The second-order valence-electron chi connectivity index (χ2n) is 10.2. The lowest BCUT2D eigenvalue weighted by Gasteiger charge is -2.32. The summed E-state index contributed by atoms with van der Waals surface area (Å²) in [5.74, 6) is -0.509. The molecule has 0 heterocycles. The van der Waals surface area contributed by atoms with Crippen molar-refractivity contribution in [3.05, 3.63) is 35.9 Å². The highest BCUT2D eigenvalue weighted by Crippen LogP contribution is 2.23. The Bertz CT molecular complexity index is 761. The summed E-state index contributed by atoms with van der Waals surface area (Å²) in [5.41, 5.74) is 0.0954. The molecule has 0 aliphatic carbocycles. The predicted octanol–water partition coefficient (Wildman–Crippen LogP) is 5.75. The fourth-order valence-corrected chi connectivity index (χ4v) is 3.96. The smallest absolute Gasteiger partial charge is 0.408 e. The van der Waals surface area contributed by atoms with Crippen LogP contribution in [-0.4, -0.2) is 47.5 Å². The molecule has 2 N–H and O–H groups in total. The summed E-state index contributed by atoms with van der Waals surface area (Å²) in [6.07, 6.45) is 7.59. The van der Waals surface area contributed by atoms with E-state index in [1.165, 1.54) is 19.3 Å². The van der Waals surface area contributed by atoms with E-state index in [1.807, 2.05) is 37.3 Å². The summed E-state index contributed by atoms with van der Waals surface area (Å²) in [6.45, 7) is 11.8. The van der Waals surface area contributed by atoms with Crippen LogP contribution < -0.4 is 10.6 Å². The molecular formula is C28H47N3O4. The van der Waals surface area contributed by atoms with Gasteiger partial charge in [-0.3, -0.25) is 9.59 Å². The Hall–Kier alpha value is -2.57. The molecule has 0 bridgehead atoms. The van der Waals surface area contributed by atoms with Gasteiger partial charge < -0.3 is 20.3 Å². The summed E-state index contributed by atoms with van der Waals surface area (Å²) in [6, 6.07) is 8.62. The van der Waals surface area contributed by atoms with Gasteiger partial charge in [-0.05, 0) is 46.1 Å². The second kappa shape index (κ2) is 16.2. The number of carbonyl (C=O) groups excluding carboxylic acids is 3. The number of alkyl carbamates (subject to hydrolysis) is 1. The number of hydrogen-bond acceptors (Lipinski definition) is 4. The number of benzene rings is 1. The number of nitrogens with zero attached hydrogens (tertiary/aromatic N) is 1. The van der Waals surface area contributed by atoms with E-state index in [-0.39, 0.29) is 24.4 Å². The third-order valence-corrected chi connectivity index (χ3v) is 5.64. The molecule has 7 nitrogen and oxygen atoms in total. The van der Waals surface area contributed by atoms with Crippen molar-refractivity contribution in [1.82, 2.24) is 15.5 Å². The fraction of sp³-hybridized carbons (Fsp3) is 0.679. The lowest BCUT2D eigenvalue weighted by atomic mass is 10.0. The monoisotopic (exact) mass is 489 g/mol. The van der Waals surface area contributed by atoms with Gasteiger partial charge in [-0.25, -0.2) is 4.79 Å². The van der Waals surface area contributed by atoms with Crippen LogP contribution in [-0.2, 0) is 14.3 Å². The van der Waals surface area contributed by atoms with Crippen molar-refractivity contribution >= 4 is 17.9 Å². The van der Waals surface area contributed by atoms with Gasteiger partial charge in [-0.1, -0.05) is 82.7 Å². The second-order valence-corrected chi connectivity index (χ2v) is 10.2. The van der Waals surface area contributed by atoms with Crippen LogP contribution >= 0.6 is 0 Å². The molecule has 2 unspecified atom stereocenters. The molecule has 3 amide bonds. The molecule has 2 atom stereocenters. The van der Waals surface area contributed by atoms with Crippen LogP contribution in [0.25, 0.3) is 0 Å². The van der Waals surface area contributed by atoms with E-state index in [0.717, 1.165) is 37.7 Å². The minimum Gasteiger partial charge on any atom is -0.444 e. The minimum atomic E-state index is -0.765. The number of nitrogens with one attached hydrogen (secondary N) is 2. The predicted molar refractivity (Wildman–Crippen MR) is 141 cm³/mol. The SMILES string of the molecule is CCCCCCCCN(C(=O)CNC(=O)OC(C)(C)C)C(C(=O)NC(C)CCC)c1ccccc1. The Morgan fingerprint density at radius 2 is 1.57 bits per heavy atom.